The Hall–Kier alpha value is -1.67. The minimum Gasteiger partial charge on any atom is -0.347 e. The maximum absolute atomic E-state index is 11.7. The molecule has 1 amide bonds. The van der Waals surface area contributed by atoms with E-state index in [1.54, 1.807) is 0 Å². The van der Waals surface area contributed by atoms with Crippen molar-refractivity contribution in [2.75, 3.05) is 0 Å². The molecule has 0 bridgehead atoms. The number of H-pyrrole nitrogens is 2. The number of rotatable bonds is 3. The lowest BCUT2D eigenvalue weighted by Gasteiger charge is -2.03. The zero-order chi connectivity index (χ0) is 13.1. The summed E-state index contributed by atoms with van der Waals surface area (Å²) in [6, 6.07) is 1.87. The molecule has 6 nitrogen and oxygen atoms in total. The Bertz CT molecular complexity index is 688. The third-order valence-corrected chi connectivity index (χ3v) is 4.09. The lowest BCUT2D eigenvalue weighted by molar-refractivity contribution is 0.0949. The second-order valence-electron chi connectivity index (χ2n) is 3.36. The molecule has 0 radical (unpaired) electrons. The number of thiophene rings is 1. The maximum atomic E-state index is 11.7. The van der Waals surface area contributed by atoms with Crippen LogP contribution in [0.3, 0.4) is 0 Å². The first-order valence-corrected chi connectivity index (χ1v) is 6.57. The van der Waals surface area contributed by atoms with E-state index in [0.29, 0.717) is 6.54 Å². The van der Waals surface area contributed by atoms with E-state index in [1.165, 1.54) is 11.3 Å². The number of nitrogens with one attached hydrogen (secondary N) is 3. The molecular formula is C10H8BrN3O3S. The Morgan fingerprint density at radius 2 is 2.22 bits per heavy atom. The van der Waals surface area contributed by atoms with Crippen molar-refractivity contribution in [3.05, 3.63) is 53.4 Å². The summed E-state index contributed by atoms with van der Waals surface area (Å²) in [4.78, 5) is 39.1. The zero-order valence-electron chi connectivity index (χ0n) is 8.95. The predicted molar refractivity (Wildman–Crippen MR) is 70.9 cm³/mol. The largest absolute Gasteiger partial charge is 0.347 e. The first-order chi connectivity index (χ1) is 8.58. The van der Waals surface area contributed by atoms with Crippen LogP contribution >= 0.6 is 27.3 Å². The van der Waals surface area contributed by atoms with Gasteiger partial charge in [-0.15, -0.1) is 11.3 Å². The molecule has 0 aliphatic heterocycles. The number of aromatic nitrogens is 2. The number of amides is 1. The van der Waals surface area contributed by atoms with Gasteiger partial charge >= 0.3 is 5.69 Å². The van der Waals surface area contributed by atoms with Gasteiger partial charge in [-0.3, -0.25) is 14.6 Å². The van der Waals surface area contributed by atoms with Crippen molar-refractivity contribution < 1.29 is 4.79 Å². The summed E-state index contributed by atoms with van der Waals surface area (Å²) in [5.74, 6) is -0.534. The van der Waals surface area contributed by atoms with Gasteiger partial charge in [-0.2, -0.15) is 0 Å². The van der Waals surface area contributed by atoms with Crippen LogP contribution < -0.4 is 16.6 Å². The fourth-order valence-electron chi connectivity index (χ4n) is 1.29. The van der Waals surface area contributed by atoms with Gasteiger partial charge in [-0.05, 0) is 27.4 Å². The molecule has 0 fully saturated rings. The Kier molecular flexibility index (Phi) is 3.78. The van der Waals surface area contributed by atoms with Crippen LogP contribution in [0.5, 0.6) is 0 Å². The second kappa shape index (κ2) is 5.32. The standard InChI is InChI=1S/C10H8BrN3O3S/c11-6-1-2-18-7(6)4-12-8(15)5-3-13-10(17)14-9(5)16/h1-3H,4H2,(H,12,15)(H2,13,14,16,17). The molecule has 0 aliphatic carbocycles. The third-order valence-electron chi connectivity index (χ3n) is 2.16. The first kappa shape index (κ1) is 12.8. The number of carbonyl (C=O) groups excluding carboxylic acids is 1. The van der Waals surface area contributed by atoms with Crippen molar-refractivity contribution in [1.82, 2.24) is 15.3 Å². The van der Waals surface area contributed by atoms with Crippen molar-refractivity contribution in [3.63, 3.8) is 0 Å². The Morgan fingerprint density at radius 3 is 2.83 bits per heavy atom. The third kappa shape index (κ3) is 2.77. The highest BCUT2D eigenvalue weighted by Gasteiger charge is 2.11. The van der Waals surface area contributed by atoms with Crippen LogP contribution in [0.1, 0.15) is 15.2 Å². The molecule has 94 valence electrons. The first-order valence-electron chi connectivity index (χ1n) is 4.90. The Balaban J connectivity index is 2.11. The maximum Gasteiger partial charge on any atom is 0.325 e. The van der Waals surface area contributed by atoms with Crippen molar-refractivity contribution in [2.24, 2.45) is 0 Å². The minimum atomic E-state index is -0.707. The number of hydrogen-bond donors (Lipinski definition) is 3. The van der Waals surface area contributed by atoms with Crippen molar-refractivity contribution in [2.45, 2.75) is 6.54 Å². The monoisotopic (exact) mass is 329 g/mol. The van der Waals surface area contributed by atoms with Gasteiger partial charge < -0.3 is 10.3 Å². The molecule has 0 aliphatic rings. The van der Waals surface area contributed by atoms with E-state index < -0.39 is 17.2 Å². The normalized spacial score (nSPS) is 10.3. The van der Waals surface area contributed by atoms with Crippen molar-refractivity contribution in [1.29, 1.82) is 0 Å². The van der Waals surface area contributed by atoms with Crippen LogP contribution in [-0.4, -0.2) is 15.9 Å². The average molecular weight is 330 g/mol. The van der Waals surface area contributed by atoms with Crippen LogP contribution in [-0.2, 0) is 6.54 Å². The molecule has 8 heteroatoms. The van der Waals surface area contributed by atoms with Gasteiger partial charge in [0.15, 0.2) is 0 Å². The van der Waals surface area contributed by atoms with Crippen LogP contribution in [0, 0.1) is 0 Å². The zero-order valence-corrected chi connectivity index (χ0v) is 11.4. The number of carbonyl (C=O) groups is 1. The van der Waals surface area contributed by atoms with Crippen molar-refractivity contribution >= 4 is 33.2 Å². The van der Waals surface area contributed by atoms with Crippen LogP contribution in [0.2, 0.25) is 0 Å². The van der Waals surface area contributed by atoms with Crippen LogP contribution in [0.15, 0.2) is 31.7 Å². The van der Waals surface area contributed by atoms with Gasteiger partial charge in [0.1, 0.15) is 5.56 Å². The average Bonchev–Trinajstić information content (AvgIpc) is 2.72. The van der Waals surface area contributed by atoms with Gasteiger partial charge in [0, 0.05) is 15.5 Å². The Morgan fingerprint density at radius 1 is 1.44 bits per heavy atom. The summed E-state index contributed by atoms with van der Waals surface area (Å²) in [6.45, 7) is 0.315. The predicted octanol–water partition coefficient (Wildman–Crippen LogP) is 0.817. The van der Waals surface area contributed by atoms with E-state index in [2.05, 4.69) is 26.2 Å². The van der Waals surface area contributed by atoms with Gasteiger partial charge in [0.05, 0.1) is 6.54 Å². The Labute approximate surface area is 113 Å². The molecule has 0 unspecified atom stereocenters. The lowest BCUT2D eigenvalue weighted by atomic mass is 10.3. The molecule has 2 aromatic heterocycles. The summed E-state index contributed by atoms with van der Waals surface area (Å²) in [5, 5.41) is 4.49. The smallest absolute Gasteiger partial charge is 0.325 e. The van der Waals surface area contributed by atoms with Gasteiger partial charge in [0.2, 0.25) is 0 Å². The second-order valence-corrected chi connectivity index (χ2v) is 5.21. The highest BCUT2D eigenvalue weighted by atomic mass is 79.9. The number of halogens is 1. The van der Waals surface area contributed by atoms with E-state index in [-0.39, 0.29) is 5.56 Å². The molecule has 3 N–H and O–H groups in total. The summed E-state index contributed by atoms with van der Waals surface area (Å²) in [5.41, 5.74) is -1.47. The summed E-state index contributed by atoms with van der Waals surface area (Å²) >= 11 is 4.83. The van der Waals surface area contributed by atoms with E-state index in [0.717, 1.165) is 15.5 Å². The van der Waals surface area contributed by atoms with E-state index in [9.17, 15) is 14.4 Å². The lowest BCUT2D eigenvalue weighted by Crippen LogP contribution is -2.33. The van der Waals surface area contributed by atoms with Crippen molar-refractivity contribution in [3.8, 4) is 0 Å². The molecule has 2 heterocycles. The van der Waals surface area contributed by atoms with Gasteiger partial charge in [0.25, 0.3) is 11.5 Å². The molecule has 18 heavy (non-hydrogen) atoms. The van der Waals surface area contributed by atoms with E-state index in [4.69, 9.17) is 0 Å². The highest BCUT2D eigenvalue weighted by Crippen LogP contribution is 2.22. The quantitative estimate of drug-likeness (QED) is 0.777. The molecule has 0 saturated carbocycles. The molecule has 0 saturated heterocycles. The van der Waals surface area contributed by atoms with E-state index >= 15 is 0 Å². The molecule has 2 rings (SSSR count). The minimum absolute atomic E-state index is 0.123. The summed E-state index contributed by atoms with van der Waals surface area (Å²) in [7, 11) is 0. The number of hydrogen-bond acceptors (Lipinski definition) is 4. The fourth-order valence-corrected chi connectivity index (χ4v) is 2.72. The molecular weight excluding hydrogens is 322 g/mol. The van der Waals surface area contributed by atoms with E-state index in [1.807, 2.05) is 16.4 Å². The highest BCUT2D eigenvalue weighted by molar-refractivity contribution is 9.10. The number of aromatic amines is 2. The SMILES string of the molecule is O=C(NCc1sccc1Br)c1c[nH]c(=O)[nH]c1=O. The topological polar surface area (TPSA) is 94.8 Å². The van der Waals surface area contributed by atoms with Crippen LogP contribution in [0.4, 0.5) is 0 Å². The summed E-state index contributed by atoms with van der Waals surface area (Å²) < 4.78 is 0.906. The molecule has 0 aromatic carbocycles. The van der Waals surface area contributed by atoms with Crippen LogP contribution in [0.25, 0.3) is 0 Å². The fraction of sp³-hybridized carbons (Fsp3) is 0.100. The molecule has 0 spiro atoms. The summed E-state index contributed by atoms with van der Waals surface area (Å²) in [6.07, 6.45) is 1.10. The van der Waals surface area contributed by atoms with Gasteiger partial charge in [-0.1, -0.05) is 0 Å². The van der Waals surface area contributed by atoms with Gasteiger partial charge in [-0.25, -0.2) is 4.79 Å². The molecule has 0 atom stereocenters. The molecule has 2 aromatic rings.